The molecule has 23 heavy (non-hydrogen) atoms. The van der Waals surface area contributed by atoms with Crippen LogP contribution in [0.1, 0.15) is 49.7 Å². The van der Waals surface area contributed by atoms with Crippen LogP contribution >= 0.6 is 11.3 Å². The van der Waals surface area contributed by atoms with Crippen LogP contribution < -0.4 is 10.6 Å². The zero-order valence-electron chi connectivity index (χ0n) is 14.2. The van der Waals surface area contributed by atoms with Gasteiger partial charge in [0.1, 0.15) is 11.4 Å². The molecule has 0 radical (unpaired) electrons. The van der Waals surface area contributed by atoms with Crippen LogP contribution in [0.25, 0.3) is 0 Å². The maximum Gasteiger partial charge on any atom is 0.413 e. The van der Waals surface area contributed by atoms with E-state index >= 15 is 0 Å². The second kappa shape index (κ2) is 7.14. The third kappa shape index (κ3) is 5.07. The second-order valence-corrected chi connectivity index (χ2v) is 7.42. The lowest BCUT2D eigenvalue weighted by Gasteiger charge is -2.19. The third-order valence-corrected chi connectivity index (χ3v) is 4.44. The Kier molecular flexibility index (Phi) is 5.43. The Morgan fingerprint density at radius 3 is 2.83 bits per heavy atom. The molecule has 0 spiro atoms. The van der Waals surface area contributed by atoms with Crippen molar-refractivity contribution in [2.75, 3.05) is 5.32 Å². The van der Waals surface area contributed by atoms with Gasteiger partial charge < -0.3 is 10.1 Å². The molecule has 0 saturated heterocycles. The van der Waals surface area contributed by atoms with Crippen molar-refractivity contribution < 1.29 is 9.53 Å². The summed E-state index contributed by atoms with van der Waals surface area (Å²) < 4.78 is 5.25. The van der Waals surface area contributed by atoms with Crippen LogP contribution in [0.4, 0.5) is 10.6 Å². The van der Waals surface area contributed by atoms with Crippen LogP contribution in [0.3, 0.4) is 0 Å². The predicted octanol–water partition coefficient (Wildman–Crippen LogP) is 3.98. The number of ether oxygens (including phenoxy) is 1. The lowest BCUT2D eigenvalue weighted by molar-refractivity contribution is 0.0635. The molecule has 0 saturated carbocycles. The van der Waals surface area contributed by atoms with Crippen molar-refractivity contribution in [3.8, 4) is 0 Å². The Bertz CT molecular complexity index is 657. The summed E-state index contributed by atoms with van der Waals surface area (Å²) in [6.45, 7) is 10.3. The van der Waals surface area contributed by atoms with E-state index in [0.29, 0.717) is 12.4 Å². The molecule has 2 heterocycles. The van der Waals surface area contributed by atoms with E-state index in [1.165, 1.54) is 10.4 Å². The van der Waals surface area contributed by atoms with Gasteiger partial charge in [-0.05, 0) is 51.6 Å². The van der Waals surface area contributed by atoms with E-state index in [-0.39, 0.29) is 6.04 Å². The number of aryl methyl sites for hydroxylation is 1. The molecule has 2 rings (SSSR count). The minimum absolute atomic E-state index is 0.235. The maximum atomic E-state index is 11.8. The van der Waals surface area contributed by atoms with E-state index in [9.17, 15) is 4.79 Å². The minimum atomic E-state index is -0.534. The molecule has 1 amide bonds. The number of nitrogens with zero attached hydrogens (tertiary/aromatic N) is 1. The average molecular weight is 336 g/mol. The van der Waals surface area contributed by atoms with E-state index in [0.717, 1.165) is 5.56 Å². The number of anilines is 1. The molecule has 0 aliphatic heterocycles. The summed E-state index contributed by atoms with van der Waals surface area (Å²) >= 11 is 1.74. The van der Waals surface area contributed by atoms with Crippen LogP contribution in [0.2, 0.25) is 0 Å². The largest absolute Gasteiger partial charge is 0.444 e. The monoisotopic (exact) mass is 336 g/mol. The normalized spacial score (nSPS) is 12.9. The van der Waals surface area contributed by atoms with Crippen LogP contribution in [-0.2, 0) is 11.3 Å². The summed E-state index contributed by atoms with van der Waals surface area (Å²) in [6, 6.07) is 2.35. The van der Waals surface area contributed by atoms with Crippen molar-refractivity contribution in [3.63, 3.8) is 0 Å². The topological polar surface area (TPSA) is 79.0 Å². The Morgan fingerprint density at radius 1 is 1.48 bits per heavy atom. The van der Waals surface area contributed by atoms with Crippen LogP contribution in [0, 0.1) is 6.92 Å². The smallest absolute Gasteiger partial charge is 0.413 e. The number of amides is 1. The van der Waals surface area contributed by atoms with Gasteiger partial charge in [0.15, 0.2) is 0 Å². The van der Waals surface area contributed by atoms with Gasteiger partial charge in [0.05, 0.1) is 6.20 Å². The summed E-state index contributed by atoms with van der Waals surface area (Å²) in [5.41, 5.74) is 1.64. The van der Waals surface area contributed by atoms with E-state index in [4.69, 9.17) is 4.74 Å². The molecule has 0 fully saturated rings. The van der Waals surface area contributed by atoms with Gasteiger partial charge in [0.2, 0.25) is 0 Å². The molecule has 2 aromatic rings. The highest BCUT2D eigenvalue weighted by Gasteiger charge is 2.18. The quantitative estimate of drug-likeness (QED) is 0.772. The number of hydrogen-bond donors (Lipinski definition) is 3. The van der Waals surface area contributed by atoms with Gasteiger partial charge in [-0.15, -0.1) is 11.3 Å². The van der Waals surface area contributed by atoms with Gasteiger partial charge in [-0.1, -0.05) is 0 Å². The number of carbonyl (C=O) groups excluding carboxylic acids is 1. The summed E-state index contributed by atoms with van der Waals surface area (Å²) in [5, 5.41) is 15.0. The zero-order valence-corrected chi connectivity index (χ0v) is 15.0. The Balaban J connectivity index is 1.93. The lowest BCUT2D eigenvalue weighted by Crippen LogP contribution is -2.28. The molecule has 0 bridgehead atoms. The number of hydrogen-bond acceptors (Lipinski definition) is 5. The molecule has 0 aromatic carbocycles. The van der Waals surface area contributed by atoms with E-state index in [1.807, 2.05) is 20.8 Å². The van der Waals surface area contributed by atoms with Gasteiger partial charge in [-0.25, -0.2) is 4.79 Å². The molecule has 0 aliphatic rings. The highest BCUT2D eigenvalue weighted by Crippen LogP contribution is 2.24. The first-order chi connectivity index (χ1) is 10.8. The van der Waals surface area contributed by atoms with Crippen LogP contribution in [-0.4, -0.2) is 21.9 Å². The van der Waals surface area contributed by atoms with E-state index in [1.54, 1.807) is 17.5 Å². The van der Waals surface area contributed by atoms with Crippen molar-refractivity contribution in [3.05, 3.63) is 33.6 Å². The predicted molar refractivity (Wildman–Crippen MR) is 92.8 cm³/mol. The number of thiophene rings is 1. The molecule has 0 aliphatic carbocycles. The number of aromatic nitrogens is 2. The summed E-state index contributed by atoms with van der Waals surface area (Å²) in [4.78, 5) is 13.2. The first-order valence-electron chi connectivity index (χ1n) is 7.56. The lowest BCUT2D eigenvalue weighted by atomic mass is 10.2. The number of carbonyl (C=O) groups is 1. The number of rotatable bonds is 5. The molecule has 126 valence electrons. The SMILES string of the molecule is Cc1ccsc1C(C)NCc1cn[nH]c1NC(=O)OC(C)(C)C. The van der Waals surface area contributed by atoms with Crippen molar-refractivity contribution >= 4 is 23.2 Å². The van der Waals surface area contributed by atoms with E-state index in [2.05, 4.69) is 46.1 Å². The molecule has 7 heteroatoms. The molecule has 2 aromatic heterocycles. The minimum Gasteiger partial charge on any atom is -0.444 e. The highest BCUT2D eigenvalue weighted by molar-refractivity contribution is 7.10. The van der Waals surface area contributed by atoms with Gasteiger partial charge >= 0.3 is 6.09 Å². The molecule has 1 unspecified atom stereocenters. The van der Waals surface area contributed by atoms with Gasteiger partial charge in [0.25, 0.3) is 0 Å². The first kappa shape index (κ1) is 17.5. The zero-order chi connectivity index (χ0) is 17.0. The fourth-order valence-electron chi connectivity index (χ4n) is 2.14. The number of nitrogens with one attached hydrogen (secondary N) is 3. The summed E-state index contributed by atoms with van der Waals surface area (Å²) in [6.07, 6.45) is 1.21. The van der Waals surface area contributed by atoms with Crippen molar-refractivity contribution in [2.24, 2.45) is 0 Å². The second-order valence-electron chi connectivity index (χ2n) is 6.47. The van der Waals surface area contributed by atoms with Gasteiger partial charge in [0, 0.05) is 23.0 Å². The fourth-order valence-corrected chi connectivity index (χ4v) is 3.10. The Hall–Kier alpha value is -1.86. The maximum absolute atomic E-state index is 11.8. The van der Waals surface area contributed by atoms with Gasteiger partial charge in [-0.3, -0.25) is 10.4 Å². The van der Waals surface area contributed by atoms with Crippen molar-refractivity contribution in [1.82, 2.24) is 15.5 Å². The molecular weight excluding hydrogens is 312 g/mol. The molecule has 6 nitrogen and oxygen atoms in total. The fraction of sp³-hybridized carbons (Fsp3) is 0.500. The average Bonchev–Trinajstić information content (AvgIpc) is 3.03. The molecule has 1 atom stereocenters. The number of H-pyrrole nitrogens is 1. The molecule has 3 N–H and O–H groups in total. The Morgan fingerprint density at radius 2 is 2.22 bits per heavy atom. The standard InChI is InChI=1S/C16H24N4O2S/c1-10-6-7-23-13(10)11(2)17-8-12-9-18-20-14(12)19-15(21)22-16(3,4)5/h6-7,9,11,17H,8H2,1-5H3,(H2,18,19,20,21). The first-order valence-corrected chi connectivity index (χ1v) is 8.44. The van der Waals surface area contributed by atoms with E-state index < -0.39 is 11.7 Å². The van der Waals surface area contributed by atoms with Crippen molar-refractivity contribution in [1.29, 1.82) is 0 Å². The van der Waals surface area contributed by atoms with Crippen LogP contribution in [0.5, 0.6) is 0 Å². The third-order valence-electron chi connectivity index (χ3n) is 3.24. The Labute approximate surface area is 140 Å². The number of aromatic amines is 1. The highest BCUT2D eigenvalue weighted by atomic mass is 32.1. The van der Waals surface area contributed by atoms with Crippen molar-refractivity contribution in [2.45, 2.75) is 52.8 Å². The van der Waals surface area contributed by atoms with Gasteiger partial charge in [-0.2, -0.15) is 5.10 Å². The summed E-state index contributed by atoms with van der Waals surface area (Å²) in [5.74, 6) is 0.557. The molecular formula is C16H24N4O2S. The summed E-state index contributed by atoms with van der Waals surface area (Å²) in [7, 11) is 0. The van der Waals surface area contributed by atoms with Crippen LogP contribution in [0.15, 0.2) is 17.6 Å².